The van der Waals surface area contributed by atoms with Crippen molar-refractivity contribution in [1.29, 1.82) is 0 Å². The maximum atomic E-state index is 12.9. The number of thiazole rings is 1. The highest BCUT2D eigenvalue weighted by Crippen LogP contribution is 2.31. The standard InChI is InChI=1S/C21H18F3N3O3S2/c22-21(23,24)16-4-1-3-14(11-16)12-18-13-25-20(31-18)26-19(28)15-5-7-17(8-6-15)27-9-2-10-32(27,29)30/h1,3-8,11,13H,2,9-10,12H2,(H,25,26,28). The zero-order valence-corrected chi connectivity index (χ0v) is 18.2. The number of halogens is 3. The average molecular weight is 482 g/mol. The first kappa shape index (κ1) is 22.3. The predicted molar refractivity (Wildman–Crippen MR) is 117 cm³/mol. The summed E-state index contributed by atoms with van der Waals surface area (Å²) in [5.74, 6) is -0.303. The van der Waals surface area contributed by atoms with Crippen molar-refractivity contribution in [3.63, 3.8) is 0 Å². The van der Waals surface area contributed by atoms with Crippen LogP contribution in [-0.2, 0) is 22.6 Å². The molecule has 0 saturated carbocycles. The predicted octanol–water partition coefficient (Wildman–Crippen LogP) is 4.54. The first-order valence-electron chi connectivity index (χ1n) is 9.64. The lowest BCUT2D eigenvalue weighted by Crippen LogP contribution is -2.25. The van der Waals surface area contributed by atoms with Crippen LogP contribution in [0.25, 0.3) is 0 Å². The zero-order valence-electron chi connectivity index (χ0n) is 16.6. The molecular weight excluding hydrogens is 463 g/mol. The fourth-order valence-electron chi connectivity index (χ4n) is 3.38. The number of nitrogens with one attached hydrogen (secondary N) is 1. The number of sulfonamides is 1. The van der Waals surface area contributed by atoms with Crippen LogP contribution in [0.3, 0.4) is 0 Å². The number of carbonyl (C=O) groups excluding carboxylic acids is 1. The number of hydrogen-bond acceptors (Lipinski definition) is 5. The molecule has 1 N–H and O–H groups in total. The van der Waals surface area contributed by atoms with E-state index < -0.39 is 27.7 Å². The zero-order chi connectivity index (χ0) is 22.9. The van der Waals surface area contributed by atoms with E-state index in [2.05, 4.69) is 10.3 Å². The van der Waals surface area contributed by atoms with E-state index in [1.807, 2.05) is 0 Å². The minimum atomic E-state index is -4.41. The molecule has 1 aliphatic heterocycles. The van der Waals surface area contributed by atoms with Crippen LogP contribution in [0.2, 0.25) is 0 Å². The van der Waals surface area contributed by atoms with Gasteiger partial charge in [-0.2, -0.15) is 13.2 Å². The molecule has 1 amide bonds. The number of aromatic nitrogens is 1. The number of rotatable bonds is 5. The van der Waals surface area contributed by atoms with Crippen molar-refractivity contribution < 1.29 is 26.4 Å². The average Bonchev–Trinajstić information content (AvgIpc) is 3.32. The number of carbonyl (C=O) groups is 1. The second kappa shape index (κ2) is 8.55. The number of hydrogen-bond donors (Lipinski definition) is 1. The van der Waals surface area contributed by atoms with Crippen molar-refractivity contribution >= 4 is 38.1 Å². The number of alkyl halides is 3. The lowest BCUT2D eigenvalue weighted by molar-refractivity contribution is -0.137. The first-order chi connectivity index (χ1) is 15.1. The molecule has 2 heterocycles. The van der Waals surface area contributed by atoms with E-state index in [0.29, 0.717) is 39.8 Å². The summed E-state index contributed by atoms with van der Waals surface area (Å²) in [4.78, 5) is 17.3. The van der Waals surface area contributed by atoms with E-state index in [-0.39, 0.29) is 12.2 Å². The Morgan fingerprint density at radius 2 is 1.91 bits per heavy atom. The van der Waals surface area contributed by atoms with Crippen molar-refractivity contribution in [1.82, 2.24) is 4.98 Å². The summed E-state index contributed by atoms with van der Waals surface area (Å²) in [5.41, 5.74) is 0.628. The first-order valence-corrected chi connectivity index (χ1v) is 12.1. The van der Waals surface area contributed by atoms with Gasteiger partial charge in [-0.1, -0.05) is 18.2 Å². The molecule has 0 aliphatic carbocycles. The fraction of sp³-hybridized carbons (Fsp3) is 0.238. The Balaban J connectivity index is 1.41. The summed E-state index contributed by atoms with van der Waals surface area (Å²) in [7, 11) is -3.29. The third-order valence-electron chi connectivity index (χ3n) is 4.92. The van der Waals surface area contributed by atoms with Crippen LogP contribution in [0.4, 0.5) is 24.0 Å². The molecule has 0 radical (unpaired) electrons. The third-order valence-corrected chi connectivity index (χ3v) is 7.71. The third kappa shape index (κ3) is 4.94. The van der Waals surface area contributed by atoms with Crippen LogP contribution in [0.15, 0.2) is 54.7 Å². The van der Waals surface area contributed by atoms with E-state index in [1.165, 1.54) is 40.0 Å². The van der Waals surface area contributed by atoms with Crippen molar-refractivity contribution in [2.75, 3.05) is 21.9 Å². The lowest BCUT2D eigenvalue weighted by Gasteiger charge is -2.16. The van der Waals surface area contributed by atoms with Gasteiger partial charge < -0.3 is 0 Å². The summed E-state index contributed by atoms with van der Waals surface area (Å²) in [5, 5.41) is 2.98. The molecule has 1 fully saturated rings. The SMILES string of the molecule is O=C(Nc1ncc(Cc2cccc(C(F)(F)F)c2)s1)c1ccc(N2CCCS2(=O)=O)cc1. The van der Waals surface area contributed by atoms with Crippen LogP contribution in [0.5, 0.6) is 0 Å². The molecular formula is C21H18F3N3O3S2. The summed E-state index contributed by atoms with van der Waals surface area (Å²) in [6.07, 6.45) is -2.06. The number of amides is 1. The Morgan fingerprint density at radius 3 is 2.56 bits per heavy atom. The van der Waals surface area contributed by atoms with Gasteiger partial charge in [-0.15, -0.1) is 11.3 Å². The quantitative estimate of drug-likeness (QED) is 0.580. The van der Waals surface area contributed by atoms with E-state index in [1.54, 1.807) is 18.2 Å². The monoisotopic (exact) mass is 481 g/mol. The molecule has 4 rings (SSSR count). The Hall–Kier alpha value is -2.92. The maximum absolute atomic E-state index is 12.9. The minimum Gasteiger partial charge on any atom is -0.298 e. The van der Waals surface area contributed by atoms with Crippen molar-refractivity contribution in [2.45, 2.75) is 19.0 Å². The Bertz CT molecular complexity index is 1240. The minimum absolute atomic E-state index is 0.113. The molecule has 11 heteroatoms. The van der Waals surface area contributed by atoms with Gasteiger partial charge >= 0.3 is 6.18 Å². The number of anilines is 2. The van der Waals surface area contributed by atoms with Gasteiger partial charge in [0.1, 0.15) is 0 Å². The van der Waals surface area contributed by atoms with Crippen LogP contribution in [-0.4, -0.2) is 31.6 Å². The van der Waals surface area contributed by atoms with Crippen LogP contribution >= 0.6 is 11.3 Å². The van der Waals surface area contributed by atoms with Gasteiger partial charge in [-0.05, 0) is 42.3 Å². The Kier molecular flexibility index (Phi) is 5.95. The lowest BCUT2D eigenvalue weighted by atomic mass is 10.1. The topological polar surface area (TPSA) is 79.4 Å². The summed E-state index contributed by atoms with van der Waals surface area (Å²) < 4.78 is 64.0. The van der Waals surface area contributed by atoms with Crippen LogP contribution in [0, 0.1) is 0 Å². The summed E-state index contributed by atoms with van der Waals surface area (Å²) >= 11 is 1.18. The largest absolute Gasteiger partial charge is 0.416 e. The molecule has 1 aromatic heterocycles. The normalized spacial score (nSPS) is 15.7. The van der Waals surface area contributed by atoms with E-state index >= 15 is 0 Å². The molecule has 1 aliphatic rings. The molecule has 168 valence electrons. The second-order valence-corrected chi connectivity index (χ2v) is 10.4. The smallest absolute Gasteiger partial charge is 0.298 e. The Labute approximate surface area is 186 Å². The van der Waals surface area contributed by atoms with E-state index in [9.17, 15) is 26.4 Å². The van der Waals surface area contributed by atoms with Gasteiger partial charge in [0.25, 0.3) is 5.91 Å². The van der Waals surface area contributed by atoms with Gasteiger partial charge in [0.2, 0.25) is 10.0 Å². The number of nitrogens with zero attached hydrogens (tertiary/aromatic N) is 2. The summed E-state index contributed by atoms with van der Waals surface area (Å²) in [6.45, 7) is 0.418. The van der Waals surface area contributed by atoms with Crippen molar-refractivity contribution in [2.24, 2.45) is 0 Å². The highest BCUT2D eigenvalue weighted by atomic mass is 32.2. The molecule has 0 atom stereocenters. The van der Waals surface area contributed by atoms with Crippen molar-refractivity contribution in [3.8, 4) is 0 Å². The van der Waals surface area contributed by atoms with Gasteiger partial charge in [0.05, 0.1) is 17.0 Å². The summed E-state index contributed by atoms with van der Waals surface area (Å²) in [6, 6.07) is 11.3. The maximum Gasteiger partial charge on any atom is 0.416 e. The second-order valence-electron chi connectivity index (χ2n) is 7.25. The van der Waals surface area contributed by atoms with Crippen LogP contribution < -0.4 is 9.62 Å². The van der Waals surface area contributed by atoms with Crippen LogP contribution in [0.1, 0.15) is 32.8 Å². The fourth-order valence-corrected chi connectivity index (χ4v) is 5.79. The van der Waals surface area contributed by atoms with Gasteiger partial charge in [0.15, 0.2) is 5.13 Å². The molecule has 1 saturated heterocycles. The van der Waals surface area contributed by atoms with E-state index in [0.717, 1.165) is 12.1 Å². The van der Waals surface area contributed by atoms with Gasteiger partial charge in [0, 0.05) is 29.6 Å². The van der Waals surface area contributed by atoms with Crippen molar-refractivity contribution in [3.05, 3.63) is 76.3 Å². The Morgan fingerprint density at radius 1 is 1.16 bits per heavy atom. The molecule has 32 heavy (non-hydrogen) atoms. The van der Waals surface area contributed by atoms with Gasteiger partial charge in [-0.3, -0.25) is 14.4 Å². The molecule has 2 aromatic carbocycles. The molecule has 3 aromatic rings. The molecule has 0 bridgehead atoms. The highest BCUT2D eigenvalue weighted by molar-refractivity contribution is 7.93. The molecule has 0 unspecified atom stereocenters. The number of benzene rings is 2. The molecule has 0 spiro atoms. The van der Waals surface area contributed by atoms with Gasteiger partial charge in [-0.25, -0.2) is 13.4 Å². The molecule has 6 nitrogen and oxygen atoms in total. The highest BCUT2D eigenvalue weighted by Gasteiger charge is 2.30. The van der Waals surface area contributed by atoms with E-state index in [4.69, 9.17) is 0 Å².